The maximum Gasteiger partial charge on any atom is 0.343 e. The monoisotopic (exact) mass is 466 g/mol. The van der Waals surface area contributed by atoms with Crippen molar-refractivity contribution in [1.82, 2.24) is 15.3 Å². The normalized spacial score (nSPS) is 21.4. The molecular weight excluding hydrogens is 432 g/mol. The van der Waals surface area contributed by atoms with Crippen LogP contribution in [0.15, 0.2) is 48.9 Å². The summed E-state index contributed by atoms with van der Waals surface area (Å²) in [7, 11) is 0. The first kappa shape index (κ1) is 24.3. The standard InChI is InChI=1S/C26H34N4O4/c31-24(30-23-18-27-15-16-29-23)21(22-12-7-14-28-22)13-17-34-25(32)26(33,19-8-3-1-4-9-19)20-10-5-2-6-11-20/h1,3-4,8-9,15-16,18,20-22,28,33H,2,5-7,10-14,17H2,(H,29,30,31)/t21?,22-,26?/m1/s1. The van der Waals surface area contributed by atoms with Crippen LogP contribution in [0.1, 0.15) is 56.9 Å². The van der Waals surface area contributed by atoms with Gasteiger partial charge >= 0.3 is 5.97 Å². The molecule has 1 aromatic carbocycles. The lowest BCUT2D eigenvalue weighted by Crippen LogP contribution is -2.45. The summed E-state index contributed by atoms with van der Waals surface area (Å²) in [6.45, 7) is 0.909. The number of nitrogens with one attached hydrogen (secondary N) is 2. The Bertz CT molecular complexity index is 930. The average molecular weight is 467 g/mol. The van der Waals surface area contributed by atoms with Crippen molar-refractivity contribution < 1.29 is 19.4 Å². The molecule has 1 aliphatic carbocycles. The van der Waals surface area contributed by atoms with Gasteiger partial charge in [0.1, 0.15) is 0 Å². The number of nitrogens with zero attached hydrogens (tertiary/aromatic N) is 2. The number of rotatable bonds is 9. The number of hydrogen-bond acceptors (Lipinski definition) is 7. The molecule has 1 saturated heterocycles. The first-order valence-electron chi connectivity index (χ1n) is 12.3. The van der Waals surface area contributed by atoms with Crippen LogP contribution in [-0.2, 0) is 19.9 Å². The zero-order valence-corrected chi connectivity index (χ0v) is 19.5. The third-order valence-corrected chi connectivity index (χ3v) is 7.12. The lowest BCUT2D eigenvalue weighted by Gasteiger charge is -2.37. The Kier molecular flexibility index (Phi) is 8.24. The second kappa shape index (κ2) is 11.5. The van der Waals surface area contributed by atoms with Gasteiger partial charge in [-0.05, 0) is 44.2 Å². The molecule has 2 heterocycles. The van der Waals surface area contributed by atoms with E-state index >= 15 is 0 Å². The number of esters is 1. The van der Waals surface area contributed by atoms with Crippen molar-refractivity contribution in [2.24, 2.45) is 11.8 Å². The van der Waals surface area contributed by atoms with E-state index in [1.54, 1.807) is 18.3 Å². The van der Waals surface area contributed by atoms with E-state index in [0.717, 1.165) is 51.5 Å². The molecule has 1 amide bonds. The fourth-order valence-corrected chi connectivity index (χ4v) is 5.27. The number of benzene rings is 1. The Morgan fingerprint density at radius 1 is 1.12 bits per heavy atom. The molecule has 182 valence electrons. The number of ether oxygens (including phenoxy) is 1. The minimum absolute atomic E-state index is 0.00160. The fraction of sp³-hybridized carbons (Fsp3) is 0.538. The molecule has 4 rings (SSSR count). The van der Waals surface area contributed by atoms with E-state index in [2.05, 4.69) is 20.6 Å². The summed E-state index contributed by atoms with van der Waals surface area (Å²) in [5.41, 5.74) is -1.11. The number of anilines is 1. The maximum atomic E-state index is 13.3. The summed E-state index contributed by atoms with van der Waals surface area (Å²) in [5.74, 6) is -0.983. The van der Waals surface area contributed by atoms with Crippen LogP contribution >= 0.6 is 0 Å². The van der Waals surface area contributed by atoms with Gasteiger partial charge in [-0.2, -0.15) is 0 Å². The zero-order chi connectivity index (χ0) is 23.8. The molecule has 1 aromatic heterocycles. The van der Waals surface area contributed by atoms with Gasteiger partial charge in [0.2, 0.25) is 5.91 Å². The van der Waals surface area contributed by atoms with Crippen LogP contribution in [0, 0.1) is 11.8 Å². The number of aliphatic hydroxyl groups is 1. The van der Waals surface area contributed by atoms with Crippen molar-refractivity contribution in [2.45, 2.75) is 63.0 Å². The first-order valence-corrected chi connectivity index (χ1v) is 12.3. The summed E-state index contributed by atoms with van der Waals surface area (Å²) in [6.07, 6.45) is 11.5. The van der Waals surface area contributed by atoms with Crippen molar-refractivity contribution in [3.05, 3.63) is 54.5 Å². The van der Waals surface area contributed by atoms with Crippen LogP contribution in [0.5, 0.6) is 0 Å². The Balaban J connectivity index is 1.43. The summed E-state index contributed by atoms with van der Waals surface area (Å²) in [5, 5.41) is 17.9. The number of hydrogen-bond donors (Lipinski definition) is 3. The predicted octanol–water partition coefficient (Wildman–Crippen LogP) is 3.18. The van der Waals surface area contributed by atoms with Crippen molar-refractivity contribution >= 4 is 17.7 Å². The zero-order valence-electron chi connectivity index (χ0n) is 19.5. The van der Waals surface area contributed by atoms with Gasteiger partial charge in [-0.1, -0.05) is 49.6 Å². The molecule has 8 heteroatoms. The highest BCUT2D eigenvalue weighted by Crippen LogP contribution is 2.40. The molecular formula is C26H34N4O4. The molecule has 3 atom stereocenters. The molecule has 1 aliphatic heterocycles. The molecule has 1 saturated carbocycles. The highest BCUT2D eigenvalue weighted by molar-refractivity contribution is 5.92. The molecule has 8 nitrogen and oxygen atoms in total. The second-order valence-electron chi connectivity index (χ2n) is 9.28. The van der Waals surface area contributed by atoms with Crippen LogP contribution in [0.2, 0.25) is 0 Å². The quantitative estimate of drug-likeness (QED) is 0.487. The van der Waals surface area contributed by atoms with Gasteiger partial charge in [0.15, 0.2) is 11.4 Å². The lowest BCUT2D eigenvalue weighted by molar-refractivity contribution is -0.176. The molecule has 2 aromatic rings. The molecule has 3 N–H and O–H groups in total. The molecule has 2 fully saturated rings. The maximum absolute atomic E-state index is 13.3. The second-order valence-corrected chi connectivity index (χ2v) is 9.28. The minimum atomic E-state index is -1.68. The highest BCUT2D eigenvalue weighted by atomic mass is 16.5. The third-order valence-electron chi connectivity index (χ3n) is 7.12. The first-order chi connectivity index (χ1) is 16.6. The van der Waals surface area contributed by atoms with Crippen molar-refractivity contribution in [1.29, 1.82) is 0 Å². The number of carbonyl (C=O) groups excluding carboxylic acids is 2. The van der Waals surface area contributed by atoms with Gasteiger partial charge in [0, 0.05) is 24.4 Å². The van der Waals surface area contributed by atoms with E-state index in [4.69, 9.17) is 4.74 Å². The SMILES string of the molecule is O=C(Nc1cnccn1)C(CCOC(=O)C(O)(c1ccccc1)C1CCCCC1)[C@H]1CCCN1. The Labute approximate surface area is 200 Å². The molecule has 0 radical (unpaired) electrons. The third kappa shape index (κ3) is 5.62. The van der Waals surface area contributed by atoms with E-state index in [1.165, 1.54) is 12.4 Å². The van der Waals surface area contributed by atoms with Gasteiger partial charge in [0.05, 0.1) is 18.7 Å². The molecule has 0 bridgehead atoms. The number of carbonyl (C=O) groups is 2. The van der Waals surface area contributed by atoms with Crippen LogP contribution < -0.4 is 10.6 Å². The Hall–Kier alpha value is -2.84. The molecule has 0 spiro atoms. The fourth-order valence-electron chi connectivity index (χ4n) is 5.27. The number of amides is 1. The van der Waals surface area contributed by atoms with Crippen LogP contribution in [-0.4, -0.2) is 46.1 Å². The van der Waals surface area contributed by atoms with Crippen molar-refractivity contribution in [3.8, 4) is 0 Å². The van der Waals surface area contributed by atoms with Gasteiger partial charge in [-0.3, -0.25) is 9.78 Å². The lowest BCUT2D eigenvalue weighted by atomic mass is 9.73. The Morgan fingerprint density at radius 3 is 2.59 bits per heavy atom. The van der Waals surface area contributed by atoms with E-state index in [1.807, 2.05) is 18.2 Å². The Morgan fingerprint density at radius 2 is 1.91 bits per heavy atom. The molecule has 34 heavy (non-hydrogen) atoms. The van der Waals surface area contributed by atoms with Crippen LogP contribution in [0.4, 0.5) is 5.82 Å². The van der Waals surface area contributed by atoms with E-state index in [-0.39, 0.29) is 24.5 Å². The average Bonchev–Trinajstić information content (AvgIpc) is 3.42. The van der Waals surface area contributed by atoms with E-state index in [0.29, 0.717) is 17.8 Å². The topological polar surface area (TPSA) is 113 Å². The van der Waals surface area contributed by atoms with Gasteiger partial charge in [-0.15, -0.1) is 0 Å². The van der Waals surface area contributed by atoms with E-state index in [9.17, 15) is 14.7 Å². The van der Waals surface area contributed by atoms with Gasteiger partial charge < -0.3 is 20.5 Å². The number of aromatic nitrogens is 2. The predicted molar refractivity (Wildman–Crippen MR) is 128 cm³/mol. The van der Waals surface area contributed by atoms with Crippen LogP contribution in [0.3, 0.4) is 0 Å². The minimum Gasteiger partial charge on any atom is -0.463 e. The van der Waals surface area contributed by atoms with Crippen molar-refractivity contribution in [3.63, 3.8) is 0 Å². The molecule has 2 unspecified atom stereocenters. The molecule has 2 aliphatic rings. The smallest absolute Gasteiger partial charge is 0.343 e. The van der Waals surface area contributed by atoms with Gasteiger partial charge in [0.25, 0.3) is 0 Å². The summed E-state index contributed by atoms with van der Waals surface area (Å²) in [4.78, 5) is 34.5. The van der Waals surface area contributed by atoms with Crippen molar-refractivity contribution in [2.75, 3.05) is 18.5 Å². The highest BCUT2D eigenvalue weighted by Gasteiger charge is 2.47. The van der Waals surface area contributed by atoms with E-state index < -0.39 is 17.5 Å². The van der Waals surface area contributed by atoms with Gasteiger partial charge in [-0.25, -0.2) is 9.78 Å². The largest absolute Gasteiger partial charge is 0.463 e. The summed E-state index contributed by atoms with van der Waals surface area (Å²) < 4.78 is 5.68. The summed E-state index contributed by atoms with van der Waals surface area (Å²) in [6, 6.07) is 9.10. The van der Waals surface area contributed by atoms with Crippen LogP contribution in [0.25, 0.3) is 0 Å². The summed E-state index contributed by atoms with van der Waals surface area (Å²) >= 11 is 0.